The standard InChI is InChI=1S/C20H22FN5O2/c21-17-4-1-5-18(15(17)11-22)26-6-2-3-14(13-26)19-16(12-23-24-19)20(27)25-7-9-28-10-8-25/h1,4-5,12,14H,2-3,6-10,13H2,(H,23,24)/t14-/m0/s1. The third kappa shape index (κ3) is 3.45. The van der Waals surface area contributed by atoms with Crippen LogP contribution in [0, 0.1) is 17.1 Å². The Morgan fingerprint density at radius 2 is 2.14 bits per heavy atom. The second-order valence-corrected chi connectivity index (χ2v) is 7.13. The first-order valence-corrected chi connectivity index (χ1v) is 9.53. The first kappa shape index (κ1) is 18.4. The van der Waals surface area contributed by atoms with E-state index in [0.717, 1.165) is 25.1 Å². The van der Waals surface area contributed by atoms with Gasteiger partial charge < -0.3 is 14.5 Å². The summed E-state index contributed by atoms with van der Waals surface area (Å²) in [6.07, 6.45) is 3.38. The molecule has 0 spiro atoms. The number of nitrogens with zero attached hydrogens (tertiary/aromatic N) is 4. The third-order valence-corrected chi connectivity index (χ3v) is 5.47. The van der Waals surface area contributed by atoms with Crippen LogP contribution in [0.3, 0.4) is 0 Å². The predicted molar refractivity (Wildman–Crippen MR) is 101 cm³/mol. The molecule has 3 heterocycles. The maximum absolute atomic E-state index is 14.0. The number of halogens is 1. The molecule has 2 aliphatic rings. The number of morpholine rings is 1. The van der Waals surface area contributed by atoms with Crippen molar-refractivity contribution >= 4 is 11.6 Å². The van der Waals surface area contributed by atoms with Gasteiger partial charge in [-0.15, -0.1) is 0 Å². The van der Waals surface area contributed by atoms with Gasteiger partial charge in [0.2, 0.25) is 0 Å². The number of aromatic amines is 1. The van der Waals surface area contributed by atoms with Crippen LogP contribution >= 0.6 is 0 Å². The zero-order chi connectivity index (χ0) is 19.5. The fourth-order valence-corrected chi connectivity index (χ4v) is 4.03. The maximum Gasteiger partial charge on any atom is 0.257 e. The van der Waals surface area contributed by atoms with Crippen molar-refractivity contribution in [1.29, 1.82) is 5.26 Å². The molecule has 1 amide bonds. The van der Waals surface area contributed by atoms with Crippen LogP contribution in [0.1, 0.15) is 40.4 Å². The average Bonchev–Trinajstić information content (AvgIpc) is 3.23. The molecule has 1 aromatic heterocycles. The van der Waals surface area contributed by atoms with E-state index in [2.05, 4.69) is 10.2 Å². The second-order valence-electron chi connectivity index (χ2n) is 7.13. The largest absolute Gasteiger partial charge is 0.378 e. The summed E-state index contributed by atoms with van der Waals surface area (Å²) >= 11 is 0. The van der Waals surface area contributed by atoms with Gasteiger partial charge in [-0.1, -0.05) is 6.07 Å². The summed E-state index contributed by atoms with van der Waals surface area (Å²) in [7, 11) is 0. The number of nitrogens with one attached hydrogen (secondary N) is 1. The number of benzene rings is 1. The summed E-state index contributed by atoms with van der Waals surface area (Å²) in [5.74, 6) is -0.481. The Hall–Kier alpha value is -2.92. The summed E-state index contributed by atoms with van der Waals surface area (Å²) in [6.45, 7) is 3.60. The number of hydrogen-bond donors (Lipinski definition) is 1. The number of aromatic nitrogens is 2. The number of rotatable bonds is 3. The van der Waals surface area contributed by atoms with E-state index in [1.807, 2.05) is 11.0 Å². The lowest BCUT2D eigenvalue weighted by molar-refractivity contribution is 0.0302. The van der Waals surface area contributed by atoms with Crippen molar-refractivity contribution < 1.29 is 13.9 Å². The minimum atomic E-state index is -0.508. The van der Waals surface area contributed by atoms with Crippen LogP contribution in [-0.2, 0) is 4.74 Å². The van der Waals surface area contributed by atoms with Crippen LogP contribution in [0.5, 0.6) is 0 Å². The van der Waals surface area contributed by atoms with Gasteiger partial charge in [-0.3, -0.25) is 9.89 Å². The molecule has 1 N–H and O–H groups in total. The van der Waals surface area contributed by atoms with Gasteiger partial charge in [-0.2, -0.15) is 10.4 Å². The van der Waals surface area contributed by atoms with Crippen molar-refractivity contribution in [2.75, 3.05) is 44.3 Å². The van der Waals surface area contributed by atoms with Crippen molar-refractivity contribution in [3.63, 3.8) is 0 Å². The Morgan fingerprint density at radius 1 is 1.32 bits per heavy atom. The minimum absolute atomic E-state index is 0.0346. The molecule has 146 valence electrons. The molecule has 1 aromatic carbocycles. The van der Waals surface area contributed by atoms with E-state index in [0.29, 0.717) is 44.1 Å². The van der Waals surface area contributed by atoms with Crippen LogP contribution < -0.4 is 4.90 Å². The molecule has 0 unspecified atom stereocenters. The third-order valence-electron chi connectivity index (χ3n) is 5.47. The fraction of sp³-hybridized carbons (Fsp3) is 0.450. The first-order chi connectivity index (χ1) is 13.7. The summed E-state index contributed by atoms with van der Waals surface area (Å²) in [5.41, 5.74) is 2.08. The maximum atomic E-state index is 14.0. The fourth-order valence-electron chi connectivity index (χ4n) is 4.03. The Bertz CT molecular complexity index is 900. The number of carbonyl (C=O) groups excluding carboxylic acids is 1. The molecule has 0 radical (unpaired) electrons. The van der Waals surface area contributed by atoms with Crippen molar-refractivity contribution in [2.24, 2.45) is 0 Å². The molecular formula is C20H22FN5O2. The van der Waals surface area contributed by atoms with Crippen LogP contribution in [-0.4, -0.2) is 60.4 Å². The highest BCUT2D eigenvalue weighted by Crippen LogP contribution is 2.33. The van der Waals surface area contributed by atoms with E-state index in [4.69, 9.17) is 4.74 Å². The van der Waals surface area contributed by atoms with E-state index < -0.39 is 5.82 Å². The first-order valence-electron chi connectivity index (χ1n) is 9.53. The zero-order valence-corrected chi connectivity index (χ0v) is 15.5. The molecule has 2 aromatic rings. The van der Waals surface area contributed by atoms with Crippen molar-refractivity contribution in [1.82, 2.24) is 15.1 Å². The van der Waals surface area contributed by atoms with Crippen molar-refractivity contribution in [3.8, 4) is 6.07 Å². The minimum Gasteiger partial charge on any atom is -0.378 e. The van der Waals surface area contributed by atoms with E-state index in [1.54, 1.807) is 23.2 Å². The highest BCUT2D eigenvalue weighted by Gasteiger charge is 2.30. The Morgan fingerprint density at radius 3 is 2.93 bits per heavy atom. The van der Waals surface area contributed by atoms with Crippen LogP contribution in [0.2, 0.25) is 0 Å². The summed E-state index contributed by atoms with van der Waals surface area (Å²) < 4.78 is 19.4. The number of carbonyl (C=O) groups is 1. The number of piperidine rings is 1. The van der Waals surface area contributed by atoms with E-state index in [1.165, 1.54) is 6.07 Å². The number of hydrogen-bond acceptors (Lipinski definition) is 5. The van der Waals surface area contributed by atoms with Gasteiger partial charge in [0.1, 0.15) is 17.4 Å². The topological polar surface area (TPSA) is 85.2 Å². The lowest BCUT2D eigenvalue weighted by Gasteiger charge is -2.35. The average molecular weight is 383 g/mol. The molecule has 7 nitrogen and oxygen atoms in total. The molecule has 28 heavy (non-hydrogen) atoms. The van der Waals surface area contributed by atoms with Crippen molar-refractivity contribution in [2.45, 2.75) is 18.8 Å². The predicted octanol–water partition coefficient (Wildman–Crippen LogP) is 2.28. The highest BCUT2D eigenvalue weighted by atomic mass is 19.1. The molecular weight excluding hydrogens is 361 g/mol. The molecule has 0 aliphatic carbocycles. The summed E-state index contributed by atoms with van der Waals surface area (Å²) in [4.78, 5) is 16.7. The van der Waals surface area contributed by atoms with Crippen molar-refractivity contribution in [3.05, 3.63) is 47.0 Å². The molecule has 4 rings (SSSR count). The molecule has 8 heteroatoms. The number of ether oxygens (including phenoxy) is 1. The van der Waals surface area contributed by atoms with Gasteiger partial charge in [0.05, 0.1) is 36.4 Å². The number of nitriles is 1. The zero-order valence-electron chi connectivity index (χ0n) is 15.5. The SMILES string of the molecule is N#Cc1c(F)cccc1N1CCC[C@H](c2[nH]ncc2C(=O)N2CCOCC2)C1. The van der Waals surface area contributed by atoms with Gasteiger partial charge in [0, 0.05) is 32.1 Å². The molecule has 1 atom stereocenters. The van der Waals surface area contributed by atoms with Gasteiger partial charge in [-0.25, -0.2) is 4.39 Å². The van der Waals surface area contributed by atoms with Crippen LogP contribution in [0.4, 0.5) is 10.1 Å². The monoisotopic (exact) mass is 383 g/mol. The molecule has 2 saturated heterocycles. The van der Waals surface area contributed by atoms with Gasteiger partial charge in [0.15, 0.2) is 0 Å². The normalized spacial score (nSPS) is 20.1. The lowest BCUT2D eigenvalue weighted by Crippen LogP contribution is -2.41. The van der Waals surface area contributed by atoms with E-state index in [-0.39, 0.29) is 17.4 Å². The highest BCUT2D eigenvalue weighted by molar-refractivity contribution is 5.95. The quantitative estimate of drug-likeness (QED) is 0.879. The Kier molecular flexibility index (Phi) is 5.26. The second kappa shape index (κ2) is 7.98. The number of amides is 1. The number of H-pyrrole nitrogens is 1. The smallest absolute Gasteiger partial charge is 0.257 e. The molecule has 0 bridgehead atoms. The summed E-state index contributed by atoms with van der Waals surface area (Å²) in [6, 6.07) is 6.68. The van der Waals surface area contributed by atoms with Crippen LogP contribution in [0.25, 0.3) is 0 Å². The number of anilines is 1. The van der Waals surface area contributed by atoms with E-state index >= 15 is 0 Å². The molecule has 0 saturated carbocycles. The molecule has 2 fully saturated rings. The Balaban J connectivity index is 1.57. The summed E-state index contributed by atoms with van der Waals surface area (Å²) in [5, 5.41) is 16.5. The van der Waals surface area contributed by atoms with Gasteiger partial charge >= 0.3 is 0 Å². The Labute approximate surface area is 162 Å². The van der Waals surface area contributed by atoms with E-state index in [9.17, 15) is 14.4 Å². The van der Waals surface area contributed by atoms with Gasteiger partial charge in [-0.05, 0) is 25.0 Å². The lowest BCUT2D eigenvalue weighted by atomic mass is 9.91. The molecule has 2 aliphatic heterocycles. The van der Waals surface area contributed by atoms with Gasteiger partial charge in [0.25, 0.3) is 5.91 Å². The van der Waals surface area contributed by atoms with Crippen LogP contribution in [0.15, 0.2) is 24.4 Å².